The Morgan fingerprint density at radius 2 is 2.33 bits per heavy atom. The molecule has 0 saturated heterocycles. The van der Waals surface area contributed by atoms with Crippen LogP contribution in [0.3, 0.4) is 0 Å². The molecule has 5 heteroatoms. The van der Waals surface area contributed by atoms with Crippen LogP contribution in [0.2, 0.25) is 9.44 Å². The summed E-state index contributed by atoms with van der Waals surface area (Å²) in [6, 6.07) is -0.927. The Morgan fingerprint density at radius 1 is 1.89 bits per heavy atom. The predicted molar refractivity (Wildman–Crippen MR) is 32.7 cm³/mol. The van der Waals surface area contributed by atoms with Crippen LogP contribution in [0, 0.1) is 0 Å². The van der Waals surface area contributed by atoms with Gasteiger partial charge in [0.1, 0.15) is 0 Å². The van der Waals surface area contributed by atoms with Gasteiger partial charge in [0.05, 0.1) is 0 Å². The van der Waals surface area contributed by atoms with E-state index in [0.717, 1.165) is 0 Å². The van der Waals surface area contributed by atoms with E-state index in [1.165, 1.54) is 0 Å². The molecule has 0 amide bonds. The molecule has 0 heterocycles. The zero-order valence-corrected chi connectivity index (χ0v) is 7.36. The number of rotatable bonds is 3. The van der Waals surface area contributed by atoms with Gasteiger partial charge in [0.25, 0.3) is 0 Å². The van der Waals surface area contributed by atoms with Crippen LogP contribution in [0.1, 0.15) is 0 Å². The van der Waals surface area contributed by atoms with Crippen molar-refractivity contribution in [1.82, 2.24) is 0 Å². The summed E-state index contributed by atoms with van der Waals surface area (Å²) in [6.45, 7) is 0. The van der Waals surface area contributed by atoms with Crippen molar-refractivity contribution in [3.8, 4) is 0 Å². The fraction of sp³-hybridized carbons (Fsp3) is 0.750. The molecule has 54 valence electrons. The van der Waals surface area contributed by atoms with E-state index in [0.29, 0.717) is 0 Å². The maximum atomic E-state index is 10.5. The van der Waals surface area contributed by atoms with E-state index < -0.39 is 31.5 Å². The Labute approximate surface area is 60.1 Å². The SMILES string of the molecule is C[Te](=O)CC(N)C(=O)O. The second-order valence-electron chi connectivity index (χ2n) is 1.68. The van der Waals surface area contributed by atoms with Gasteiger partial charge >= 0.3 is 59.7 Å². The fourth-order valence-corrected chi connectivity index (χ4v) is 2.17. The first-order valence-corrected chi connectivity index (χ1v) is 7.25. The Bertz CT molecular complexity index is 136. The van der Waals surface area contributed by atoms with Gasteiger partial charge in [-0.15, -0.1) is 0 Å². The third kappa shape index (κ3) is 4.52. The normalized spacial score (nSPS) is 13.7. The van der Waals surface area contributed by atoms with Crippen LogP contribution in [0.5, 0.6) is 0 Å². The molecule has 0 fully saturated rings. The molecule has 0 saturated carbocycles. The monoisotopic (exact) mass is 249 g/mol. The molecule has 0 aromatic heterocycles. The Morgan fingerprint density at radius 3 is 2.44 bits per heavy atom. The van der Waals surface area contributed by atoms with Gasteiger partial charge in [-0.1, -0.05) is 0 Å². The van der Waals surface area contributed by atoms with E-state index in [1.807, 2.05) is 0 Å². The number of hydrogen-bond donors (Lipinski definition) is 2. The summed E-state index contributed by atoms with van der Waals surface area (Å²) in [5.74, 6) is -1.07. The number of hydrogen-bond acceptors (Lipinski definition) is 3. The molecule has 0 aliphatic heterocycles. The molecule has 1 atom stereocenters. The zero-order valence-electron chi connectivity index (χ0n) is 5.03. The molecule has 0 rings (SSSR count). The van der Waals surface area contributed by atoms with Crippen LogP contribution in [0.15, 0.2) is 0 Å². The van der Waals surface area contributed by atoms with Gasteiger partial charge < -0.3 is 0 Å². The first-order valence-electron chi connectivity index (χ1n) is 2.32. The number of aliphatic carboxylic acids is 1. The predicted octanol–water partition coefficient (Wildman–Crippen LogP) is -0.550. The van der Waals surface area contributed by atoms with Crippen molar-refractivity contribution in [2.45, 2.75) is 15.5 Å². The second-order valence-corrected chi connectivity index (χ2v) is 5.91. The van der Waals surface area contributed by atoms with Crippen molar-refractivity contribution in [2.75, 3.05) is 0 Å². The first kappa shape index (κ1) is 9.02. The summed E-state index contributed by atoms with van der Waals surface area (Å²) < 4.78 is 10.6. The summed E-state index contributed by atoms with van der Waals surface area (Å²) in [6.07, 6.45) is 0. The summed E-state index contributed by atoms with van der Waals surface area (Å²) in [5, 5.41) is 8.19. The van der Waals surface area contributed by atoms with Crippen LogP contribution in [-0.2, 0) is 7.90 Å². The Hall–Kier alpha value is 0.0196. The van der Waals surface area contributed by atoms with Crippen molar-refractivity contribution < 1.29 is 13.0 Å². The van der Waals surface area contributed by atoms with E-state index >= 15 is 0 Å². The van der Waals surface area contributed by atoms with Gasteiger partial charge in [0.2, 0.25) is 0 Å². The molecule has 0 aromatic carbocycles. The number of nitrogens with two attached hydrogens (primary N) is 1. The quantitative estimate of drug-likeness (QED) is 0.655. The molecule has 3 N–H and O–H groups in total. The molecule has 0 radical (unpaired) electrons. The average molecular weight is 247 g/mol. The van der Waals surface area contributed by atoms with Gasteiger partial charge in [0.15, 0.2) is 0 Å². The minimum atomic E-state index is -2.30. The van der Waals surface area contributed by atoms with Crippen LogP contribution in [-0.4, -0.2) is 36.7 Å². The minimum absolute atomic E-state index is 0.165. The fourth-order valence-electron chi connectivity index (χ4n) is 0.324. The number of carbonyl (C=O) groups is 1. The van der Waals surface area contributed by atoms with Gasteiger partial charge in [-0.25, -0.2) is 0 Å². The molecule has 0 spiro atoms. The van der Waals surface area contributed by atoms with E-state index in [-0.39, 0.29) is 4.47 Å². The van der Waals surface area contributed by atoms with Crippen LogP contribution < -0.4 is 5.73 Å². The van der Waals surface area contributed by atoms with E-state index in [1.54, 1.807) is 4.97 Å². The average Bonchev–Trinajstić information content (AvgIpc) is 1.63. The molecule has 0 aromatic rings. The van der Waals surface area contributed by atoms with E-state index in [2.05, 4.69) is 0 Å². The van der Waals surface area contributed by atoms with Gasteiger partial charge in [-0.3, -0.25) is 0 Å². The molecule has 1 unspecified atom stereocenters. The maximum absolute atomic E-state index is 10.5. The van der Waals surface area contributed by atoms with E-state index in [9.17, 15) is 7.90 Å². The van der Waals surface area contributed by atoms with Crippen molar-refractivity contribution in [1.29, 1.82) is 0 Å². The van der Waals surface area contributed by atoms with Crippen LogP contribution in [0.4, 0.5) is 0 Å². The Kier molecular flexibility index (Phi) is 3.94. The number of carboxylic acid groups (broad SMARTS) is 1. The molecule has 0 bridgehead atoms. The third-order valence-electron chi connectivity index (χ3n) is 0.731. The van der Waals surface area contributed by atoms with Gasteiger partial charge in [-0.2, -0.15) is 0 Å². The number of carboxylic acids is 1. The zero-order chi connectivity index (χ0) is 7.44. The Balaban J connectivity index is 3.63. The third-order valence-corrected chi connectivity index (χ3v) is 3.10. The van der Waals surface area contributed by atoms with Crippen molar-refractivity contribution in [3.05, 3.63) is 0 Å². The topological polar surface area (TPSA) is 80.4 Å². The standard InChI is InChI=1S/C4H9NO3Te/c1-9(8)2-3(5)4(6)7/h3H,2,5H2,1H3,(H,6,7). The summed E-state index contributed by atoms with van der Waals surface area (Å²) in [7, 11) is 0. The molecular formula is C4H9NO3Te. The summed E-state index contributed by atoms with van der Waals surface area (Å²) in [5.41, 5.74) is 5.06. The summed E-state index contributed by atoms with van der Waals surface area (Å²) >= 11 is -2.30. The molecule has 4 nitrogen and oxygen atoms in total. The van der Waals surface area contributed by atoms with Crippen LogP contribution >= 0.6 is 0 Å². The first-order chi connectivity index (χ1) is 4.04. The van der Waals surface area contributed by atoms with Gasteiger partial charge in [0, 0.05) is 0 Å². The van der Waals surface area contributed by atoms with E-state index in [4.69, 9.17) is 10.8 Å². The van der Waals surface area contributed by atoms with Crippen molar-refractivity contribution in [2.24, 2.45) is 5.73 Å². The molecule has 9 heavy (non-hydrogen) atoms. The van der Waals surface area contributed by atoms with Gasteiger partial charge in [-0.05, 0) is 0 Å². The summed E-state index contributed by atoms with van der Waals surface area (Å²) in [4.78, 5) is 11.6. The molecular weight excluding hydrogens is 238 g/mol. The molecule has 0 aliphatic carbocycles. The second kappa shape index (κ2) is 3.94. The van der Waals surface area contributed by atoms with Crippen molar-refractivity contribution in [3.63, 3.8) is 0 Å². The molecule has 0 aliphatic rings. The van der Waals surface area contributed by atoms with Crippen molar-refractivity contribution >= 4 is 25.5 Å². The van der Waals surface area contributed by atoms with Crippen LogP contribution in [0.25, 0.3) is 0 Å².